The third-order valence-corrected chi connectivity index (χ3v) is 1.71. The van der Waals surface area contributed by atoms with E-state index in [4.69, 9.17) is 5.11 Å². The van der Waals surface area contributed by atoms with Crippen molar-refractivity contribution in [3.05, 3.63) is 0 Å². The highest BCUT2D eigenvalue weighted by Crippen LogP contribution is 2.24. The van der Waals surface area contributed by atoms with Crippen molar-refractivity contribution in [2.24, 2.45) is 0 Å². The molecule has 1 aliphatic heterocycles. The maximum atomic E-state index is 12.8. The Morgan fingerprint density at radius 3 is 2.45 bits per heavy atom. The molecule has 1 rings (SSSR count). The zero-order valence-corrected chi connectivity index (χ0v) is 6.67. The number of carbonyl (C=O) groups excluding carboxylic acids is 1. The van der Waals surface area contributed by atoms with E-state index in [0.29, 0.717) is 0 Å². The molecule has 1 saturated heterocycles. The van der Waals surface area contributed by atoms with Gasteiger partial charge in [0.1, 0.15) is 11.8 Å². The third-order valence-electron chi connectivity index (χ3n) is 1.71. The van der Waals surface area contributed by atoms with Crippen LogP contribution in [0.2, 0.25) is 0 Å². The number of hydrogen-bond donors (Lipinski definition) is 1. The van der Waals surface area contributed by atoms with Gasteiger partial charge in [-0.25, -0.2) is 4.39 Å². The average molecular weight is 161 g/mol. The van der Waals surface area contributed by atoms with Gasteiger partial charge in [-0.1, -0.05) is 0 Å². The Labute approximate surface area is 64.8 Å². The summed E-state index contributed by atoms with van der Waals surface area (Å²) in [6.07, 6.45) is -1.01. The van der Waals surface area contributed by atoms with E-state index < -0.39 is 11.8 Å². The second kappa shape index (κ2) is 2.44. The lowest BCUT2D eigenvalue weighted by Gasteiger charge is -2.42. The Morgan fingerprint density at radius 1 is 1.73 bits per heavy atom. The van der Waals surface area contributed by atoms with Crippen LogP contribution in [-0.2, 0) is 4.79 Å². The highest BCUT2D eigenvalue weighted by Gasteiger charge is 2.42. The first-order valence-electron chi connectivity index (χ1n) is 3.58. The van der Waals surface area contributed by atoms with Crippen molar-refractivity contribution >= 4 is 5.91 Å². The normalized spacial score (nSPS) is 24.2. The van der Waals surface area contributed by atoms with Gasteiger partial charge in [-0.15, -0.1) is 0 Å². The summed E-state index contributed by atoms with van der Waals surface area (Å²) in [6, 6.07) is 0. The molecule has 11 heavy (non-hydrogen) atoms. The molecule has 64 valence electrons. The van der Waals surface area contributed by atoms with Crippen LogP contribution in [0.3, 0.4) is 0 Å². The summed E-state index contributed by atoms with van der Waals surface area (Å²) in [7, 11) is 0. The molecule has 0 spiro atoms. The zero-order valence-electron chi connectivity index (χ0n) is 6.67. The molecule has 1 aliphatic rings. The molecule has 0 aromatic heterocycles. The standard InChI is InChI=1S/C7H12FNO2/c1-5(10)6(11)9-3-7(2,8)4-9/h5,10H,3-4H2,1-2H3. The lowest BCUT2D eigenvalue weighted by Crippen LogP contribution is -2.61. The Morgan fingerprint density at radius 2 is 2.18 bits per heavy atom. The van der Waals surface area contributed by atoms with Crippen molar-refractivity contribution in [3.63, 3.8) is 0 Å². The van der Waals surface area contributed by atoms with E-state index in [2.05, 4.69) is 0 Å². The van der Waals surface area contributed by atoms with Crippen molar-refractivity contribution in [1.82, 2.24) is 4.90 Å². The van der Waals surface area contributed by atoms with Gasteiger partial charge in [0.05, 0.1) is 13.1 Å². The number of hydrogen-bond acceptors (Lipinski definition) is 2. The van der Waals surface area contributed by atoms with Crippen molar-refractivity contribution < 1.29 is 14.3 Å². The van der Waals surface area contributed by atoms with Crippen molar-refractivity contribution in [2.75, 3.05) is 13.1 Å². The smallest absolute Gasteiger partial charge is 0.251 e. The molecule has 0 radical (unpaired) electrons. The number of aliphatic hydroxyl groups excluding tert-OH is 1. The van der Waals surface area contributed by atoms with Gasteiger partial charge in [-0.2, -0.15) is 0 Å². The molecule has 0 bridgehead atoms. The SMILES string of the molecule is CC(O)C(=O)N1CC(C)(F)C1. The Bertz CT molecular complexity index is 171. The number of rotatable bonds is 1. The zero-order chi connectivity index (χ0) is 8.65. The first kappa shape index (κ1) is 8.46. The van der Waals surface area contributed by atoms with Crippen LogP contribution >= 0.6 is 0 Å². The van der Waals surface area contributed by atoms with E-state index in [1.54, 1.807) is 0 Å². The van der Waals surface area contributed by atoms with E-state index in [1.807, 2.05) is 0 Å². The summed E-state index contributed by atoms with van der Waals surface area (Å²) < 4.78 is 12.8. The largest absolute Gasteiger partial charge is 0.384 e. The first-order valence-corrected chi connectivity index (χ1v) is 3.58. The number of likely N-dealkylation sites (tertiary alicyclic amines) is 1. The minimum absolute atomic E-state index is 0.108. The second-order valence-electron chi connectivity index (χ2n) is 3.28. The van der Waals surface area contributed by atoms with Gasteiger partial charge in [0.25, 0.3) is 5.91 Å². The Kier molecular flexibility index (Phi) is 1.88. The molecule has 1 unspecified atom stereocenters. The fourth-order valence-corrected chi connectivity index (χ4v) is 1.17. The molecular weight excluding hydrogens is 149 g/mol. The van der Waals surface area contributed by atoms with E-state index in [0.717, 1.165) is 0 Å². The minimum Gasteiger partial charge on any atom is -0.384 e. The molecule has 1 atom stereocenters. The van der Waals surface area contributed by atoms with Gasteiger partial charge in [-0.3, -0.25) is 4.79 Å². The van der Waals surface area contributed by atoms with Crippen LogP contribution in [0.25, 0.3) is 0 Å². The minimum atomic E-state index is -1.25. The van der Waals surface area contributed by atoms with Crippen molar-refractivity contribution in [1.29, 1.82) is 0 Å². The molecular formula is C7H12FNO2. The highest BCUT2D eigenvalue weighted by atomic mass is 19.1. The molecule has 0 aromatic rings. The molecule has 4 heteroatoms. The van der Waals surface area contributed by atoms with Crippen LogP contribution < -0.4 is 0 Å². The predicted molar refractivity (Wildman–Crippen MR) is 37.8 cm³/mol. The topological polar surface area (TPSA) is 40.5 Å². The lowest BCUT2D eigenvalue weighted by molar-refractivity contribution is -0.152. The van der Waals surface area contributed by atoms with Crippen LogP contribution in [0.5, 0.6) is 0 Å². The first-order chi connectivity index (χ1) is 4.92. The maximum absolute atomic E-state index is 12.8. The molecule has 0 saturated carbocycles. The van der Waals surface area contributed by atoms with Crippen LogP contribution in [0.15, 0.2) is 0 Å². The summed E-state index contributed by atoms with van der Waals surface area (Å²) in [5, 5.41) is 8.81. The van der Waals surface area contributed by atoms with Crippen molar-refractivity contribution in [3.8, 4) is 0 Å². The van der Waals surface area contributed by atoms with Crippen LogP contribution in [0.4, 0.5) is 4.39 Å². The molecule has 3 nitrogen and oxygen atoms in total. The summed E-state index contributed by atoms with van der Waals surface area (Å²) in [5.41, 5.74) is -1.25. The van der Waals surface area contributed by atoms with Crippen LogP contribution in [0.1, 0.15) is 13.8 Å². The van der Waals surface area contributed by atoms with E-state index in [-0.39, 0.29) is 19.0 Å². The van der Waals surface area contributed by atoms with Crippen LogP contribution in [-0.4, -0.2) is 40.8 Å². The number of alkyl halides is 1. The van der Waals surface area contributed by atoms with Gasteiger partial charge in [0, 0.05) is 0 Å². The number of nitrogens with zero attached hydrogens (tertiary/aromatic N) is 1. The number of carbonyl (C=O) groups is 1. The summed E-state index contributed by atoms with van der Waals surface area (Å²) >= 11 is 0. The van der Waals surface area contributed by atoms with E-state index >= 15 is 0 Å². The molecule has 0 aromatic carbocycles. The molecule has 0 aliphatic carbocycles. The molecule has 1 N–H and O–H groups in total. The lowest BCUT2D eigenvalue weighted by atomic mass is 9.98. The monoisotopic (exact) mass is 161 g/mol. The third kappa shape index (κ3) is 1.68. The van der Waals surface area contributed by atoms with E-state index in [9.17, 15) is 9.18 Å². The second-order valence-corrected chi connectivity index (χ2v) is 3.28. The predicted octanol–water partition coefficient (Wildman–Crippen LogP) is -0.0624. The van der Waals surface area contributed by atoms with Gasteiger partial charge in [0.2, 0.25) is 0 Å². The van der Waals surface area contributed by atoms with Crippen LogP contribution in [0, 0.1) is 0 Å². The summed E-state index contributed by atoms with van der Waals surface area (Å²) in [4.78, 5) is 12.2. The quantitative estimate of drug-likeness (QED) is 0.585. The van der Waals surface area contributed by atoms with Gasteiger partial charge in [-0.05, 0) is 13.8 Å². The van der Waals surface area contributed by atoms with Gasteiger partial charge >= 0.3 is 0 Å². The number of amides is 1. The fraction of sp³-hybridized carbons (Fsp3) is 0.857. The fourth-order valence-electron chi connectivity index (χ4n) is 1.17. The number of aliphatic hydroxyl groups is 1. The number of halogens is 1. The Balaban J connectivity index is 2.38. The van der Waals surface area contributed by atoms with Gasteiger partial charge in [0.15, 0.2) is 0 Å². The summed E-state index contributed by atoms with van der Waals surface area (Å²) in [6.45, 7) is 3.04. The van der Waals surface area contributed by atoms with Gasteiger partial charge < -0.3 is 10.0 Å². The Hall–Kier alpha value is -0.640. The average Bonchev–Trinajstić information content (AvgIpc) is 1.80. The molecule has 1 fully saturated rings. The van der Waals surface area contributed by atoms with E-state index in [1.165, 1.54) is 18.7 Å². The molecule has 1 amide bonds. The van der Waals surface area contributed by atoms with Crippen molar-refractivity contribution in [2.45, 2.75) is 25.6 Å². The highest BCUT2D eigenvalue weighted by molar-refractivity contribution is 5.81. The summed E-state index contributed by atoms with van der Waals surface area (Å²) in [5.74, 6) is -0.389. The maximum Gasteiger partial charge on any atom is 0.251 e. The molecule has 1 heterocycles.